The van der Waals surface area contributed by atoms with Crippen LogP contribution in [-0.4, -0.2) is 41.2 Å². The number of carbonyl (C=O) groups excluding carboxylic acids is 2. The first kappa shape index (κ1) is 20.2. The van der Waals surface area contributed by atoms with E-state index in [4.69, 9.17) is 22.4 Å². The van der Waals surface area contributed by atoms with Crippen molar-refractivity contribution in [2.24, 2.45) is 11.7 Å². The standard InChI is InChI=1S/C16H18ClNO5S/c1-2-7-23-16(22)13(15(20)21)14(18)12(19)9-24-8-10-5-3-4-6-11(10)17/h2-6,13-14H,1,7-9,18H2,(H,20,21). The van der Waals surface area contributed by atoms with Crippen molar-refractivity contribution in [2.75, 3.05) is 12.4 Å². The van der Waals surface area contributed by atoms with E-state index >= 15 is 0 Å². The average molecular weight is 372 g/mol. The monoisotopic (exact) mass is 371 g/mol. The molecular weight excluding hydrogens is 354 g/mol. The Bertz CT molecular complexity index is 622. The summed E-state index contributed by atoms with van der Waals surface area (Å²) in [5.41, 5.74) is 6.50. The fourth-order valence-electron chi connectivity index (χ4n) is 1.79. The Morgan fingerprint density at radius 2 is 2.04 bits per heavy atom. The van der Waals surface area contributed by atoms with Crippen molar-refractivity contribution in [3.8, 4) is 0 Å². The van der Waals surface area contributed by atoms with Crippen LogP contribution in [0.3, 0.4) is 0 Å². The van der Waals surface area contributed by atoms with Crippen LogP contribution in [0.15, 0.2) is 36.9 Å². The van der Waals surface area contributed by atoms with E-state index in [9.17, 15) is 14.4 Å². The van der Waals surface area contributed by atoms with E-state index in [0.29, 0.717) is 10.8 Å². The molecule has 1 rings (SSSR count). The number of Topliss-reactive ketones (excluding diaryl/α,β-unsaturated/α-hetero) is 1. The van der Waals surface area contributed by atoms with Crippen molar-refractivity contribution in [1.82, 2.24) is 0 Å². The Labute approximate surface area is 149 Å². The fourth-order valence-corrected chi connectivity index (χ4v) is 3.04. The molecule has 3 N–H and O–H groups in total. The molecule has 0 heterocycles. The third-order valence-electron chi connectivity index (χ3n) is 3.05. The predicted octanol–water partition coefficient (Wildman–Crippen LogP) is 1.90. The lowest BCUT2D eigenvalue weighted by Crippen LogP contribution is -2.47. The molecule has 0 radical (unpaired) electrons. The molecule has 8 heteroatoms. The van der Waals surface area contributed by atoms with Gasteiger partial charge in [-0.2, -0.15) is 0 Å². The van der Waals surface area contributed by atoms with Crippen LogP contribution in [0.5, 0.6) is 0 Å². The number of carboxylic acid groups (broad SMARTS) is 1. The second-order valence-corrected chi connectivity index (χ2v) is 6.20. The summed E-state index contributed by atoms with van der Waals surface area (Å²) in [7, 11) is 0. The van der Waals surface area contributed by atoms with Gasteiger partial charge in [0, 0.05) is 10.8 Å². The van der Waals surface area contributed by atoms with Crippen LogP contribution in [-0.2, 0) is 24.9 Å². The number of hydrogen-bond acceptors (Lipinski definition) is 6. The molecule has 130 valence electrons. The maximum absolute atomic E-state index is 12.1. The Balaban J connectivity index is 2.60. The topological polar surface area (TPSA) is 107 Å². The first-order valence-corrected chi connectivity index (χ1v) is 8.51. The highest BCUT2D eigenvalue weighted by Gasteiger charge is 2.37. The minimum absolute atomic E-state index is 0.0368. The molecule has 0 aliphatic rings. The number of esters is 1. The Morgan fingerprint density at radius 3 is 2.62 bits per heavy atom. The number of rotatable bonds is 10. The van der Waals surface area contributed by atoms with Crippen molar-refractivity contribution >= 4 is 41.1 Å². The predicted molar refractivity (Wildman–Crippen MR) is 92.9 cm³/mol. The lowest BCUT2D eigenvalue weighted by Gasteiger charge is -2.17. The average Bonchev–Trinajstić information content (AvgIpc) is 2.54. The van der Waals surface area contributed by atoms with Gasteiger partial charge in [0.25, 0.3) is 0 Å². The summed E-state index contributed by atoms with van der Waals surface area (Å²) < 4.78 is 4.68. The van der Waals surface area contributed by atoms with Crippen LogP contribution in [0.25, 0.3) is 0 Å². The third-order valence-corrected chi connectivity index (χ3v) is 4.43. The largest absolute Gasteiger partial charge is 0.481 e. The molecular formula is C16H18ClNO5S. The summed E-state index contributed by atoms with van der Waals surface area (Å²) in [5, 5.41) is 9.70. The summed E-state index contributed by atoms with van der Waals surface area (Å²) in [6.07, 6.45) is 1.30. The van der Waals surface area contributed by atoms with Crippen LogP contribution < -0.4 is 5.73 Å². The first-order valence-electron chi connectivity index (χ1n) is 6.98. The molecule has 0 aromatic heterocycles. The molecule has 0 aliphatic heterocycles. The molecule has 2 atom stereocenters. The maximum atomic E-state index is 12.1. The number of ether oxygens (including phenoxy) is 1. The highest BCUT2D eigenvalue weighted by molar-refractivity contribution is 7.99. The molecule has 0 fully saturated rings. The van der Waals surface area contributed by atoms with E-state index < -0.39 is 29.7 Å². The van der Waals surface area contributed by atoms with Crippen molar-refractivity contribution in [2.45, 2.75) is 11.8 Å². The molecule has 2 unspecified atom stereocenters. The molecule has 24 heavy (non-hydrogen) atoms. The number of hydrogen-bond donors (Lipinski definition) is 2. The molecule has 1 aromatic rings. The maximum Gasteiger partial charge on any atom is 0.322 e. The number of carboxylic acids is 1. The third kappa shape index (κ3) is 5.99. The first-order chi connectivity index (χ1) is 11.4. The molecule has 6 nitrogen and oxygen atoms in total. The van der Waals surface area contributed by atoms with Crippen molar-refractivity contribution in [1.29, 1.82) is 0 Å². The second kappa shape index (κ2) is 10.1. The highest BCUT2D eigenvalue weighted by Crippen LogP contribution is 2.21. The van der Waals surface area contributed by atoms with E-state index in [2.05, 4.69) is 11.3 Å². The summed E-state index contributed by atoms with van der Waals surface area (Å²) in [4.78, 5) is 35.0. The van der Waals surface area contributed by atoms with Crippen molar-refractivity contribution < 1.29 is 24.2 Å². The van der Waals surface area contributed by atoms with Gasteiger partial charge in [-0.1, -0.05) is 42.5 Å². The van der Waals surface area contributed by atoms with Gasteiger partial charge < -0.3 is 15.6 Å². The van der Waals surface area contributed by atoms with E-state index in [-0.39, 0.29) is 12.4 Å². The van der Waals surface area contributed by atoms with E-state index in [1.54, 1.807) is 12.1 Å². The molecule has 0 bridgehead atoms. The van der Waals surface area contributed by atoms with Crippen molar-refractivity contribution in [3.63, 3.8) is 0 Å². The lowest BCUT2D eigenvalue weighted by atomic mass is 9.98. The molecule has 1 aromatic carbocycles. The van der Waals surface area contributed by atoms with Crippen molar-refractivity contribution in [3.05, 3.63) is 47.5 Å². The fraction of sp³-hybridized carbons (Fsp3) is 0.312. The Morgan fingerprint density at radius 1 is 1.38 bits per heavy atom. The van der Waals surface area contributed by atoms with Gasteiger partial charge in [0.05, 0.1) is 11.8 Å². The zero-order valence-corrected chi connectivity index (χ0v) is 14.4. The van der Waals surface area contributed by atoms with Gasteiger partial charge in [0.1, 0.15) is 6.61 Å². The summed E-state index contributed by atoms with van der Waals surface area (Å²) in [5.74, 6) is -4.41. The zero-order chi connectivity index (χ0) is 18.1. The minimum atomic E-state index is -1.74. The van der Waals surface area contributed by atoms with Gasteiger partial charge in [0.15, 0.2) is 11.7 Å². The number of thioether (sulfide) groups is 1. The van der Waals surface area contributed by atoms with Gasteiger partial charge in [-0.15, -0.1) is 11.8 Å². The van der Waals surface area contributed by atoms with Crippen LogP contribution in [0, 0.1) is 5.92 Å². The number of benzene rings is 1. The number of halogens is 1. The quantitative estimate of drug-likeness (QED) is 0.367. The van der Waals surface area contributed by atoms with E-state index in [1.165, 1.54) is 17.8 Å². The number of nitrogens with two attached hydrogens (primary N) is 1. The zero-order valence-electron chi connectivity index (χ0n) is 12.8. The summed E-state index contributed by atoms with van der Waals surface area (Å²) in [6.45, 7) is 3.21. The number of carbonyl (C=O) groups is 3. The van der Waals surface area contributed by atoms with Gasteiger partial charge >= 0.3 is 11.9 Å². The number of ketones is 1. The summed E-state index contributed by atoms with van der Waals surface area (Å²) >= 11 is 7.25. The van der Waals surface area contributed by atoms with Crippen LogP contribution in [0.4, 0.5) is 0 Å². The smallest absolute Gasteiger partial charge is 0.322 e. The van der Waals surface area contributed by atoms with Gasteiger partial charge in [-0.3, -0.25) is 14.4 Å². The summed E-state index contributed by atoms with van der Waals surface area (Å²) in [6, 6.07) is 5.71. The van der Waals surface area contributed by atoms with Crippen LogP contribution >= 0.6 is 23.4 Å². The minimum Gasteiger partial charge on any atom is -0.481 e. The normalized spacial score (nSPS) is 12.9. The SMILES string of the molecule is C=CCOC(=O)C(C(=O)O)C(N)C(=O)CSCc1ccccc1Cl. The molecule has 0 amide bonds. The van der Waals surface area contributed by atoms with Gasteiger partial charge in [-0.25, -0.2) is 0 Å². The highest BCUT2D eigenvalue weighted by atomic mass is 35.5. The van der Waals surface area contributed by atoms with Crippen LogP contribution in [0.1, 0.15) is 5.56 Å². The lowest BCUT2D eigenvalue weighted by molar-refractivity contribution is -0.160. The molecule has 0 spiro atoms. The van der Waals surface area contributed by atoms with Crippen LogP contribution in [0.2, 0.25) is 5.02 Å². The Hall–Kier alpha value is -1.83. The Kier molecular flexibility index (Phi) is 8.53. The number of aliphatic carboxylic acids is 1. The second-order valence-electron chi connectivity index (χ2n) is 4.81. The van der Waals surface area contributed by atoms with Gasteiger partial charge in [-0.05, 0) is 11.6 Å². The molecule has 0 saturated heterocycles. The van der Waals surface area contributed by atoms with E-state index in [0.717, 1.165) is 5.56 Å². The molecule has 0 saturated carbocycles. The van der Waals surface area contributed by atoms with E-state index in [1.807, 2.05) is 12.1 Å². The van der Waals surface area contributed by atoms with Gasteiger partial charge in [0.2, 0.25) is 0 Å². The molecule has 0 aliphatic carbocycles.